The predicted molar refractivity (Wildman–Crippen MR) is 93.6 cm³/mol. The van der Waals surface area contributed by atoms with E-state index in [2.05, 4.69) is 26.2 Å². The summed E-state index contributed by atoms with van der Waals surface area (Å²) in [5, 5.41) is 2.79. The first-order chi connectivity index (χ1) is 12.0. The maximum Gasteiger partial charge on any atom is 0.321 e. The van der Waals surface area contributed by atoms with Crippen LogP contribution in [0.4, 0.5) is 5.82 Å². The molecule has 2 fully saturated rings. The lowest BCUT2D eigenvalue weighted by atomic mass is 9.95. The predicted octanol–water partition coefficient (Wildman–Crippen LogP) is 1.97. The Hall–Kier alpha value is -1.96. The summed E-state index contributed by atoms with van der Waals surface area (Å²) in [5.41, 5.74) is -1.01. The third-order valence-electron chi connectivity index (χ3n) is 4.79. The summed E-state index contributed by atoms with van der Waals surface area (Å²) in [6, 6.07) is 3.51. The minimum Gasteiger partial charge on any atom is -0.468 e. The number of halogens is 1. The van der Waals surface area contributed by atoms with Crippen LogP contribution in [-0.2, 0) is 19.1 Å². The number of esters is 1. The van der Waals surface area contributed by atoms with E-state index in [9.17, 15) is 14.4 Å². The normalized spacial score (nSPS) is 21.4. The molecule has 1 aliphatic heterocycles. The lowest BCUT2D eigenvalue weighted by Crippen LogP contribution is -2.48. The zero-order chi connectivity index (χ0) is 18.0. The number of ether oxygens (including phenoxy) is 1. The van der Waals surface area contributed by atoms with Crippen molar-refractivity contribution in [1.29, 1.82) is 0 Å². The van der Waals surface area contributed by atoms with E-state index < -0.39 is 11.4 Å². The molecule has 1 aromatic rings. The molecular weight excluding hydrogens is 390 g/mol. The maximum atomic E-state index is 12.7. The topological polar surface area (TPSA) is 88.6 Å². The highest BCUT2D eigenvalue weighted by Crippen LogP contribution is 2.48. The van der Waals surface area contributed by atoms with E-state index >= 15 is 0 Å². The molecule has 2 aliphatic rings. The Kier molecular flexibility index (Phi) is 5.08. The van der Waals surface area contributed by atoms with Crippen molar-refractivity contribution < 1.29 is 19.1 Å². The Bertz CT molecular complexity index is 688. The number of anilines is 1. The molecule has 1 unspecified atom stereocenters. The number of pyridine rings is 1. The van der Waals surface area contributed by atoms with Gasteiger partial charge in [0.25, 0.3) is 0 Å². The van der Waals surface area contributed by atoms with Gasteiger partial charge < -0.3 is 15.0 Å². The van der Waals surface area contributed by atoms with Crippen LogP contribution in [0.15, 0.2) is 22.8 Å². The fraction of sp³-hybridized carbons (Fsp3) is 0.529. The smallest absolute Gasteiger partial charge is 0.321 e. The second-order valence-corrected chi connectivity index (χ2v) is 7.43. The SMILES string of the molecule is COC(=O)C1(C(=O)N2CCCC(C(=O)Nc3ccc(Br)cn3)C2)CC1. The molecule has 0 radical (unpaired) electrons. The zero-order valence-corrected chi connectivity index (χ0v) is 15.5. The Morgan fingerprint density at radius 3 is 2.72 bits per heavy atom. The molecule has 8 heteroatoms. The molecule has 2 amide bonds. The number of nitrogens with zero attached hydrogens (tertiary/aromatic N) is 2. The minimum atomic E-state index is -1.01. The largest absolute Gasteiger partial charge is 0.468 e. The van der Waals surface area contributed by atoms with Crippen LogP contribution >= 0.6 is 15.9 Å². The molecule has 25 heavy (non-hydrogen) atoms. The molecule has 0 aromatic carbocycles. The quantitative estimate of drug-likeness (QED) is 0.606. The number of piperidine rings is 1. The van der Waals surface area contributed by atoms with Gasteiger partial charge in [-0.1, -0.05) is 0 Å². The molecule has 3 rings (SSSR count). The number of carbonyl (C=O) groups excluding carboxylic acids is 3. The summed E-state index contributed by atoms with van der Waals surface area (Å²) in [6.07, 6.45) is 4.09. The van der Waals surface area contributed by atoms with Gasteiger partial charge in [-0.3, -0.25) is 14.4 Å². The van der Waals surface area contributed by atoms with Gasteiger partial charge in [-0.15, -0.1) is 0 Å². The van der Waals surface area contributed by atoms with Crippen molar-refractivity contribution in [3.05, 3.63) is 22.8 Å². The van der Waals surface area contributed by atoms with Gasteiger partial charge in [0.2, 0.25) is 11.8 Å². The van der Waals surface area contributed by atoms with Gasteiger partial charge in [0, 0.05) is 23.8 Å². The summed E-state index contributed by atoms with van der Waals surface area (Å²) in [7, 11) is 1.30. The second-order valence-electron chi connectivity index (χ2n) is 6.51. The first kappa shape index (κ1) is 17.8. The van der Waals surface area contributed by atoms with Crippen LogP contribution in [0.25, 0.3) is 0 Å². The van der Waals surface area contributed by atoms with Crippen LogP contribution in [0.3, 0.4) is 0 Å². The minimum absolute atomic E-state index is 0.157. The molecule has 0 bridgehead atoms. The molecule has 1 atom stereocenters. The van der Waals surface area contributed by atoms with E-state index in [1.54, 1.807) is 23.2 Å². The molecule has 1 aromatic heterocycles. The van der Waals surface area contributed by atoms with E-state index in [0.717, 1.165) is 10.9 Å². The highest BCUT2D eigenvalue weighted by Gasteiger charge is 2.59. The Labute approximate surface area is 154 Å². The fourth-order valence-corrected chi connectivity index (χ4v) is 3.42. The number of likely N-dealkylation sites (tertiary alicyclic amines) is 1. The van der Waals surface area contributed by atoms with Crippen molar-refractivity contribution >= 4 is 39.5 Å². The highest BCUT2D eigenvalue weighted by molar-refractivity contribution is 9.10. The summed E-state index contributed by atoms with van der Waals surface area (Å²) >= 11 is 3.30. The summed E-state index contributed by atoms with van der Waals surface area (Å²) < 4.78 is 5.61. The molecule has 134 valence electrons. The standard InChI is InChI=1S/C17H20BrN3O4/c1-25-16(24)17(6-7-17)15(23)21-8-2-3-11(10-21)14(22)20-13-5-4-12(18)9-19-13/h4-5,9,11H,2-3,6-8,10H2,1H3,(H,19,20,22). The van der Waals surface area contributed by atoms with Crippen LogP contribution in [0.1, 0.15) is 25.7 Å². The number of hydrogen-bond acceptors (Lipinski definition) is 5. The Balaban J connectivity index is 1.63. The van der Waals surface area contributed by atoms with E-state index in [4.69, 9.17) is 4.74 Å². The van der Waals surface area contributed by atoms with E-state index in [1.807, 2.05) is 0 Å². The van der Waals surface area contributed by atoms with Crippen molar-refractivity contribution in [2.24, 2.45) is 11.3 Å². The Morgan fingerprint density at radius 1 is 1.36 bits per heavy atom. The van der Waals surface area contributed by atoms with Crippen LogP contribution < -0.4 is 5.32 Å². The van der Waals surface area contributed by atoms with E-state index in [1.165, 1.54) is 7.11 Å². The fourth-order valence-electron chi connectivity index (χ4n) is 3.18. The second kappa shape index (κ2) is 7.11. The van der Waals surface area contributed by atoms with Gasteiger partial charge >= 0.3 is 5.97 Å². The first-order valence-electron chi connectivity index (χ1n) is 8.26. The van der Waals surface area contributed by atoms with Crippen molar-refractivity contribution in [1.82, 2.24) is 9.88 Å². The van der Waals surface area contributed by atoms with Crippen molar-refractivity contribution in [2.75, 3.05) is 25.5 Å². The van der Waals surface area contributed by atoms with E-state index in [0.29, 0.717) is 38.2 Å². The average molecular weight is 410 g/mol. The van der Waals surface area contributed by atoms with Crippen LogP contribution in [-0.4, -0.2) is 47.9 Å². The molecule has 0 spiro atoms. The molecule has 1 N–H and O–H groups in total. The van der Waals surface area contributed by atoms with Crippen molar-refractivity contribution in [3.63, 3.8) is 0 Å². The summed E-state index contributed by atoms with van der Waals surface area (Å²) in [5.74, 6) is -0.668. The van der Waals surface area contributed by atoms with Gasteiger partial charge in [0.1, 0.15) is 11.2 Å². The number of rotatable bonds is 4. The lowest BCUT2D eigenvalue weighted by Gasteiger charge is -2.33. The van der Waals surface area contributed by atoms with Crippen LogP contribution in [0, 0.1) is 11.3 Å². The lowest BCUT2D eigenvalue weighted by molar-refractivity contribution is -0.156. The number of aromatic nitrogens is 1. The third kappa shape index (κ3) is 3.68. The summed E-state index contributed by atoms with van der Waals surface area (Å²) in [4.78, 5) is 42.9. The molecule has 2 heterocycles. The highest BCUT2D eigenvalue weighted by atomic mass is 79.9. The van der Waals surface area contributed by atoms with Gasteiger partial charge in [-0.25, -0.2) is 4.98 Å². The zero-order valence-electron chi connectivity index (χ0n) is 14.0. The first-order valence-corrected chi connectivity index (χ1v) is 9.06. The number of nitrogens with one attached hydrogen (secondary N) is 1. The monoisotopic (exact) mass is 409 g/mol. The van der Waals surface area contributed by atoms with Gasteiger partial charge in [0.15, 0.2) is 0 Å². The molecule has 1 saturated heterocycles. The molecular formula is C17H20BrN3O4. The number of methoxy groups -OCH3 is 1. The maximum absolute atomic E-state index is 12.7. The molecule has 1 saturated carbocycles. The molecule has 1 aliphatic carbocycles. The average Bonchev–Trinajstić information content (AvgIpc) is 3.44. The van der Waals surface area contributed by atoms with Crippen LogP contribution in [0.5, 0.6) is 0 Å². The third-order valence-corrected chi connectivity index (χ3v) is 5.26. The summed E-state index contributed by atoms with van der Waals surface area (Å²) in [6.45, 7) is 0.887. The number of amides is 2. The van der Waals surface area contributed by atoms with Gasteiger partial charge in [0.05, 0.1) is 13.0 Å². The van der Waals surface area contributed by atoms with Gasteiger partial charge in [-0.2, -0.15) is 0 Å². The number of carbonyl (C=O) groups is 3. The molecule has 7 nitrogen and oxygen atoms in total. The van der Waals surface area contributed by atoms with Crippen LogP contribution in [0.2, 0.25) is 0 Å². The van der Waals surface area contributed by atoms with Crippen molar-refractivity contribution in [3.8, 4) is 0 Å². The van der Waals surface area contributed by atoms with E-state index in [-0.39, 0.29) is 17.7 Å². The van der Waals surface area contributed by atoms with Gasteiger partial charge in [-0.05, 0) is 53.7 Å². The van der Waals surface area contributed by atoms with Crippen molar-refractivity contribution in [2.45, 2.75) is 25.7 Å². The Morgan fingerprint density at radius 2 is 2.12 bits per heavy atom. The number of hydrogen-bond donors (Lipinski definition) is 1.